The Morgan fingerprint density at radius 1 is 2.00 bits per heavy atom. The SMILES string of the molecule is C=COC(=O)C(C)I. The Morgan fingerprint density at radius 3 is 2.62 bits per heavy atom. The zero-order valence-electron chi connectivity index (χ0n) is 4.56. The number of esters is 1. The number of hydrogen-bond acceptors (Lipinski definition) is 2. The number of halogens is 1. The largest absolute Gasteiger partial charge is 0.434 e. The summed E-state index contributed by atoms with van der Waals surface area (Å²) in [6.45, 7) is 4.99. The number of carbonyl (C=O) groups is 1. The van der Waals surface area contributed by atoms with Crippen molar-refractivity contribution in [3.8, 4) is 0 Å². The van der Waals surface area contributed by atoms with Crippen LogP contribution in [0.3, 0.4) is 0 Å². The van der Waals surface area contributed by atoms with Crippen LogP contribution in [0.15, 0.2) is 12.8 Å². The second-order valence-electron chi connectivity index (χ2n) is 1.22. The molecule has 0 aromatic heterocycles. The van der Waals surface area contributed by atoms with Crippen molar-refractivity contribution in [1.82, 2.24) is 0 Å². The quantitative estimate of drug-likeness (QED) is 0.308. The molecule has 2 nitrogen and oxygen atoms in total. The monoisotopic (exact) mass is 226 g/mol. The molecule has 0 spiro atoms. The summed E-state index contributed by atoms with van der Waals surface area (Å²) in [5.41, 5.74) is 0. The van der Waals surface area contributed by atoms with E-state index in [4.69, 9.17) is 0 Å². The van der Waals surface area contributed by atoms with Crippen LogP contribution < -0.4 is 0 Å². The third kappa shape index (κ3) is 3.01. The van der Waals surface area contributed by atoms with Gasteiger partial charge in [-0.15, -0.1) is 0 Å². The van der Waals surface area contributed by atoms with Crippen molar-refractivity contribution in [2.24, 2.45) is 0 Å². The molecule has 3 heteroatoms. The standard InChI is InChI=1S/C5H7IO2/c1-3-8-5(7)4(2)6/h3-4H,1H2,2H3. The second kappa shape index (κ2) is 3.88. The van der Waals surface area contributed by atoms with E-state index in [1.165, 1.54) is 0 Å². The summed E-state index contributed by atoms with van der Waals surface area (Å²) < 4.78 is 4.33. The van der Waals surface area contributed by atoms with Gasteiger partial charge in [0, 0.05) is 0 Å². The van der Waals surface area contributed by atoms with Gasteiger partial charge in [-0.05, 0) is 6.92 Å². The minimum Gasteiger partial charge on any atom is -0.434 e. The fourth-order valence-electron chi connectivity index (χ4n) is 0.176. The molecule has 0 N–H and O–H groups in total. The van der Waals surface area contributed by atoms with Crippen LogP contribution >= 0.6 is 22.6 Å². The molecule has 0 rings (SSSR count). The molecule has 0 aromatic rings. The average molecular weight is 226 g/mol. The lowest BCUT2D eigenvalue weighted by atomic mass is 10.5. The summed E-state index contributed by atoms with van der Waals surface area (Å²) >= 11 is 1.97. The highest BCUT2D eigenvalue weighted by atomic mass is 127. The molecule has 1 unspecified atom stereocenters. The molecule has 0 bridgehead atoms. The Balaban J connectivity index is 3.48. The predicted octanol–water partition coefficient (Wildman–Crippen LogP) is 1.50. The van der Waals surface area contributed by atoms with Gasteiger partial charge in [-0.3, -0.25) is 4.79 Å². The molecule has 8 heavy (non-hydrogen) atoms. The second-order valence-corrected chi connectivity index (χ2v) is 3.09. The van der Waals surface area contributed by atoms with E-state index in [-0.39, 0.29) is 9.89 Å². The van der Waals surface area contributed by atoms with Gasteiger partial charge in [0.25, 0.3) is 0 Å². The molecule has 0 radical (unpaired) electrons. The molecular weight excluding hydrogens is 219 g/mol. The molecule has 0 aliphatic carbocycles. The molecule has 0 aliphatic heterocycles. The first-order valence-electron chi connectivity index (χ1n) is 2.14. The van der Waals surface area contributed by atoms with Gasteiger partial charge in [0.05, 0.1) is 6.26 Å². The predicted molar refractivity (Wildman–Crippen MR) is 39.8 cm³/mol. The lowest BCUT2D eigenvalue weighted by Crippen LogP contribution is -2.09. The molecule has 46 valence electrons. The van der Waals surface area contributed by atoms with Crippen LogP contribution in [0.5, 0.6) is 0 Å². The minimum atomic E-state index is -0.249. The Hall–Kier alpha value is -0.0600. The van der Waals surface area contributed by atoms with Crippen LogP contribution in [-0.2, 0) is 9.53 Å². The maximum absolute atomic E-state index is 10.4. The highest BCUT2D eigenvalue weighted by molar-refractivity contribution is 14.1. The van der Waals surface area contributed by atoms with Crippen molar-refractivity contribution in [2.45, 2.75) is 10.8 Å². The first kappa shape index (κ1) is 7.94. The highest BCUT2D eigenvalue weighted by Crippen LogP contribution is 1.99. The van der Waals surface area contributed by atoms with E-state index < -0.39 is 0 Å². The van der Waals surface area contributed by atoms with Crippen molar-refractivity contribution in [3.05, 3.63) is 12.8 Å². The van der Waals surface area contributed by atoms with Gasteiger partial charge in [0.2, 0.25) is 0 Å². The first-order chi connectivity index (χ1) is 3.68. The summed E-state index contributed by atoms with van der Waals surface area (Å²) in [4.78, 5) is 10.4. The Morgan fingerprint density at radius 2 is 2.50 bits per heavy atom. The Bertz CT molecular complexity index is 98.6. The lowest BCUT2D eigenvalue weighted by molar-refractivity contribution is -0.136. The zero-order valence-corrected chi connectivity index (χ0v) is 6.71. The highest BCUT2D eigenvalue weighted by Gasteiger charge is 2.06. The van der Waals surface area contributed by atoms with E-state index in [0.717, 1.165) is 6.26 Å². The molecule has 0 saturated carbocycles. The third-order valence-corrected chi connectivity index (χ3v) is 1.03. The summed E-state index contributed by atoms with van der Waals surface area (Å²) in [7, 11) is 0. The van der Waals surface area contributed by atoms with Crippen LogP contribution in [0.25, 0.3) is 0 Å². The molecule has 0 aliphatic rings. The first-order valence-corrected chi connectivity index (χ1v) is 3.38. The maximum atomic E-state index is 10.4. The summed E-state index contributed by atoms with van der Waals surface area (Å²) in [6.07, 6.45) is 1.14. The van der Waals surface area contributed by atoms with E-state index in [1.807, 2.05) is 22.6 Å². The smallest absolute Gasteiger partial charge is 0.323 e. The maximum Gasteiger partial charge on any atom is 0.323 e. The number of hydrogen-bond donors (Lipinski definition) is 0. The van der Waals surface area contributed by atoms with E-state index in [9.17, 15) is 4.79 Å². The number of alkyl halides is 1. The Kier molecular flexibility index (Phi) is 3.85. The fourth-order valence-corrected chi connectivity index (χ4v) is 0.323. The van der Waals surface area contributed by atoms with Gasteiger partial charge in [0.15, 0.2) is 0 Å². The number of rotatable bonds is 2. The van der Waals surface area contributed by atoms with Gasteiger partial charge in [-0.1, -0.05) is 29.2 Å². The van der Waals surface area contributed by atoms with Crippen molar-refractivity contribution in [1.29, 1.82) is 0 Å². The number of ether oxygens (including phenoxy) is 1. The van der Waals surface area contributed by atoms with E-state index in [1.54, 1.807) is 6.92 Å². The van der Waals surface area contributed by atoms with E-state index in [2.05, 4.69) is 11.3 Å². The van der Waals surface area contributed by atoms with Crippen LogP contribution in [-0.4, -0.2) is 9.89 Å². The zero-order chi connectivity index (χ0) is 6.57. The van der Waals surface area contributed by atoms with Crippen LogP contribution in [0.4, 0.5) is 0 Å². The average Bonchev–Trinajstić information content (AvgIpc) is 1.67. The Labute approximate surface area is 62.0 Å². The fraction of sp³-hybridized carbons (Fsp3) is 0.400. The summed E-state index contributed by atoms with van der Waals surface area (Å²) in [6, 6.07) is 0. The topological polar surface area (TPSA) is 26.3 Å². The molecule has 0 heterocycles. The van der Waals surface area contributed by atoms with Crippen LogP contribution in [0.2, 0.25) is 0 Å². The minimum absolute atomic E-state index is 0.0920. The third-order valence-electron chi connectivity index (χ3n) is 0.524. The van der Waals surface area contributed by atoms with Crippen molar-refractivity contribution in [3.63, 3.8) is 0 Å². The van der Waals surface area contributed by atoms with E-state index >= 15 is 0 Å². The molecule has 0 saturated heterocycles. The van der Waals surface area contributed by atoms with Crippen molar-refractivity contribution < 1.29 is 9.53 Å². The van der Waals surface area contributed by atoms with Gasteiger partial charge in [0.1, 0.15) is 3.92 Å². The van der Waals surface area contributed by atoms with Gasteiger partial charge >= 0.3 is 5.97 Å². The molecule has 0 fully saturated rings. The summed E-state index contributed by atoms with van der Waals surface area (Å²) in [5, 5.41) is 0. The number of carbonyl (C=O) groups excluding carboxylic acids is 1. The molecule has 0 amide bonds. The summed E-state index contributed by atoms with van der Waals surface area (Å²) in [5.74, 6) is -0.249. The van der Waals surface area contributed by atoms with Crippen LogP contribution in [0.1, 0.15) is 6.92 Å². The van der Waals surface area contributed by atoms with Crippen LogP contribution in [0, 0.1) is 0 Å². The van der Waals surface area contributed by atoms with Crippen molar-refractivity contribution >= 4 is 28.6 Å². The molecular formula is C5H7IO2. The lowest BCUT2D eigenvalue weighted by Gasteiger charge is -1.97. The van der Waals surface area contributed by atoms with E-state index in [0.29, 0.717) is 0 Å². The molecule has 0 aromatic carbocycles. The van der Waals surface area contributed by atoms with Gasteiger partial charge in [-0.2, -0.15) is 0 Å². The van der Waals surface area contributed by atoms with Gasteiger partial charge < -0.3 is 4.74 Å². The normalized spacial score (nSPS) is 12.2. The van der Waals surface area contributed by atoms with Gasteiger partial charge in [-0.25, -0.2) is 0 Å². The van der Waals surface area contributed by atoms with Crippen molar-refractivity contribution in [2.75, 3.05) is 0 Å². The molecule has 1 atom stereocenters.